The lowest BCUT2D eigenvalue weighted by molar-refractivity contribution is -0.141. The van der Waals surface area contributed by atoms with Crippen molar-refractivity contribution in [2.45, 2.75) is 20.0 Å². The Bertz CT molecular complexity index is 485. The van der Waals surface area contributed by atoms with Crippen molar-refractivity contribution >= 4 is 17.4 Å². The summed E-state index contributed by atoms with van der Waals surface area (Å²) in [7, 11) is 0. The van der Waals surface area contributed by atoms with Gasteiger partial charge in [-0.2, -0.15) is 13.2 Å². The molecular formula is C13H18ClF3N4. The van der Waals surface area contributed by atoms with E-state index in [9.17, 15) is 13.2 Å². The first-order chi connectivity index (χ1) is 9.75. The van der Waals surface area contributed by atoms with E-state index in [2.05, 4.69) is 28.7 Å². The van der Waals surface area contributed by atoms with E-state index in [0.717, 1.165) is 25.7 Å². The summed E-state index contributed by atoms with van der Waals surface area (Å²) in [5.41, 5.74) is -0.998. The van der Waals surface area contributed by atoms with E-state index in [1.165, 1.54) is 0 Å². The summed E-state index contributed by atoms with van der Waals surface area (Å²) in [6.45, 7) is 8.17. The van der Waals surface area contributed by atoms with E-state index in [0.29, 0.717) is 19.0 Å². The molecule has 0 spiro atoms. The van der Waals surface area contributed by atoms with Gasteiger partial charge in [-0.15, -0.1) is 0 Å². The van der Waals surface area contributed by atoms with Gasteiger partial charge in [-0.05, 0) is 17.5 Å². The van der Waals surface area contributed by atoms with Gasteiger partial charge in [0.1, 0.15) is 5.82 Å². The van der Waals surface area contributed by atoms with Crippen LogP contribution in [0.5, 0.6) is 0 Å². The predicted octanol–water partition coefficient (Wildman–Crippen LogP) is 2.93. The minimum Gasteiger partial charge on any atom is -0.354 e. The van der Waals surface area contributed by atoms with Crippen molar-refractivity contribution < 1.29 is 13.2 Å². The molecule has 1 aromatic rings. The molecule has 0 saturated carbocycles. The SMILES string of the molecule is CC(C)CN1CCN(c2cc(C(F)(F)F)nc(Cl)n2)CC1. The van der Waals surface area contributed by atoms with E-state index < -0.39 is 11.9 Å². The Hall–Kier alpha value is -1.08. The lowest BCUT2D eigenvalue weighted by Gasteiger charge is -2.36. The third kappa shape index (κ3) is 4.44. The molecule has 4 nitrogen and oxygen atoms in total. The average molecular weight is 323 g/mol. The Morgan fingerprint density at radius 1 is 1.19 bits per heavy atom. The molecule has 0 aliphatic carbocycles. The quantitative estimate of drug-likeness (QED) is 0.801. The number of halogens is 4. The zero-order chi connectivity index (χ0) is 15.6. The monoisotopic (exact) mass is 322 g/mol. The lowest BCUT2D eigenvalue weighted by atomic mass is 10.2. The molecule has 0 atom stereocenters. The minimum absolute atomic E-state index is 0.242. The van der Waals surface area contributed by atoms with E-state index >= 15 is 0 Å². The van der Waals surface area contributed by atoms with Crippen LogP contribution in [0.1, 0.15) is 19.5 Å². The normalized spacial score (nSPS) is 17.6. The first kappa shape index (κ1) is 16.3. The van der Waals surface area contributed by atoms with Gasteiger partial charge >= 0.3 is 6.18 Å². The van der Waals surface area contributed by atoms with Gasteiger partial charge in [0.05, 0.1) is 0 Å². The third-order valence-corrected chi connectivity index (χ3v) is 3.46. The van der Waals surface area contributed by atoms with Crippen molar-refractivity contribution in [1.82, 2.24) is 14.9 Å². The molecule has 0 amide bonds. The van der Waals surface area contributed by atoms with Gasteiger partial charge in [0.15, 0.2) is 5.69 Å². The van der Waals surface area contributed by atoms with Gasteiger partial charge in [0, 0.05) is 38.8 Å². The van der Waals surface area contributed by atoms with Crippen molar-refractivity contribution in [2.75, 3.05) is 37.6 Å². The number of hydrogen-bond acceptors (Lipinski definition) is 4. The third-order valence-electron chi connectivity index (χ3n) is 3.30. The van der Waals surface area contributed by atoms with Crippen LogP contribution in [0.2, 0.25) is 5.28 Å². The van der Waals surface area contributed by atoms with Crippen LogP contribution in [0.3, 0.4) is 0 Å². The van der Waals surface area contributed by atoms with Gasteiger partial charge in [-0.25, -0.2) is 9.97 Å². The van der Waals surface area contributed by atoms with Crippen LogP contribution >= 0.6 is 11.6 Å². The summed E-state index contributed by atoms with van der Waals surface area (Å²) >= 11 is 5.61. The summed E-state index contributed by atoms with van der Waals surface area (Å²) in [4.78, 5) is 11.3. The fourth-order valence-electron chi connectivity index (χ4n) is 2.39. The first-order valence-electron chi connectivity index (χ1n) is 6.85. The highest BCUT2D eigenvalue weighted by molar-refractivity contribution is 6.28. The Kier molecular flexibility index (Phi) is 4.93. The van der Waals surface area contributed by atoms with E-state index in [-0.39, 0.29) is 11.1 Å². The second kappa shape index (κ2) is 6.36. The standard InChI is InChI=1S/C13H18ClF3N4/c1-9(2)8-20-3-5-21(6-4-20)11-7-10(13(15,16)17)18-12(14)19-11/h7,9H,3-6,8H2,1-2H3. The van der Waals surface area contributed by atoms with Crippen LogP contribution in [0.25, 0.3) is 0 Å². The highest BCUT2D eigenvalue weighted by Gasteiger charge is 2.34. The molecule has 1 aromatic heterocycles. The van der Waals surface area contributed by atoms with Gasteiger partial charge in [0.25, 0.3) is 0 Å². The fraction of sp³-hybridized carbons (Fsp3) is 0.692. The molecule has 2 heterocycles. The number of hydrogen-bond donors (Lipinski definition) is 0. The van der Waals surface area contributed by atoms with Gasteiger partial charge in [-0.3, -0.25) is 4.90 Å². The number of aromatic nitrogens is 2. The van der Waals surface area contributed by atoms with Crippen LogP contribution in [0.15, 0.2) is 6.07 Å². The summed E-state index contributed by atoms with van der Waals surface area (Å²) in [5.74, 6) is 0.813. The van der Waals surface area contributed by atoms with E-state index in [4.69, 9.17) is 11.6 Å². The Balaban J connectivity index is 2.08. The number of rotatable bonds is 3. The Morgan fingerprint density at radius 3 is 2.33 bits per heavy atom. The van der Waals surface area contributed by atoms with E-state index in [1.807, 2.05) is 4.90 Å². The molecule has 0 aromatic carbocycles. The molecule has 21 heavy (non-hydrogen) atoms. The zero-order valence-corrected chi connectivity index (χ0v) is 12.7. The molecule has 1 aliphatic heterocycles. The second-order valence-electron chi connectivity index (χ2n) is 5.56. The second-order valence-corrected chi connectivity index (χ2v) is 5.90. The maximum absolute atomic E-state index is 12.7. The maximum atomic E-state index is 12.7. The number of piperazine rings is 1. The molecule has 2 rings (SSSR count). The van der Waals surface area contributed by atoms with Crippen LogP contribution < -0.4 is 4.90 Å². The molecule has 1 aliphatic rings. The minimum atomic E-state index is -4.51. The van der Waals surface area contributed by atoms with Crippen molar-refractivity contribution in [1.29, 1.82) is 0 Å². The Morgan fingerprint density at radius 2 is 1.81 bits per heavy atom. The summed E-state index contributed by atoms with van der Waals surface area (Å²) in [6, 6.07) is 0.962. The lowest BCUT2D eigenvalue weighted by Crippen LogP contribution is -2.47. The maximum Gasteiger partial charge on any atom is 0.433 e. The number of alkyl halides is 3. The van der Waals surface area contributed by atoms with Crippen molar-refractivity contribution in [3.8, 4) is 0 Å². The molecule has 0 bridgehead atoms. The molecule has 8 heteroatoms. The molecular weight excluding hydrogens is 305 g/mol. The molecule has 1 fully saturated rings. The molecule has 118 valence electrons. The molecule has 0 radical (unpaired) electrons. The van der Waals surface area contributed by atoms with E-state index in [1.54, 1.807) is 0 Å². The van der Waals surface area contributed by atoms with Crippen LogP contribution in [0, 0.1) is 5.92 Å². The van der Waals surface area contributed by atoms with Gasteiger partial charge in [-0.1, -0.05) is 13.8 Å². The van der Waals surface area contributed by atoms with Crippen LogP contribution in [0.4, 0.5) is 19.0 Å². The highest BCUT2D eigenvalue weighted by Crippen LogP contribution is 2.30. The number of nitrogens with zero attached hydrogens (tertiary/aromatic N) is 4. The smallest absolute Gasteiger partial charge is 0.354 e. The summed E-state index contributed by atoms with van der Waals surface area (Å²) in [6.07, 6.45) is -4.51. The average Bonchev–Trinajstić information content (AvgIpc) is 2.37. The van der Waals surface area contributed by atoms with Gasteiger partial charge in [0.2, 0.25) is 5.28 Å². The summed E-state index contributed by atoms with van der Waals surface area (Å²) < 4.78 is 38.2. The Labute approximate surface area is 126 Å². The van der Waals surface area contributed by atoms with Crippen molar-refractivity contribution in [3.63, 3.8) is 0 Å². The zero-order valence-electron chi connectivity index (χ0n) is 12.0. The molecule has 1 saturated heterocycles. The topological polar surface area (TPSA) is 32.3 Å². The first-order valence-corrected chi connectivity index (χ1v) is 7.22. The summed E-state index contributed by atoms with van der Waals surface area (Å²) in [5, 5.41) is -0.371. The van der Waals surface area contributed by atoms with Crippen LogP contribution in [-0.4, -0.2) is 47.6 Å². The van der Waals surface area contributed by atoms with Crippen molar-refractivity contribution in [3.05, 3.63) is 17.0 Å². The van der Waals surface area contributed by atoms with Gasteiger partial charge < -0.3 is 4.90 Å². The number of anilines is 1. The largest absolute Gasteiger partial charge is 0.433 e. The van der Waals surface area contributed by atoms with Crippen LogP contribution in [-0.2, 0) is 6.18 Å². The molecule has 0 N–H and O–H groups in total. The van der Waals surface area contributed by atoms with Crippen molar-refractivity contribution in [2.24, 2.45) is 5.92 Å². The molecule has 0 unspecified atom stereocenters. The highest BCUT2D eigenvalue weighted by atomic mass is 35.5. The predicted molar refractivity (Wildman–Crippen MR) is 75.5 cm³/mol. The fourth-order valence-corrected chi connectivity index (χ4v) is 2.57.